The number of nitrogens with zero attached hydrogens (tertiary/aromatic N) is 1. The van der Waals surface area contributed by atoms with Gasteiger partial charge in [-0.2, -0.15) is 5.10 Å². The summed E-state index contributed by atoms with van der Waals surface area (Å²) in [7, 11) is -3.71. The molecule has 0 bridgehead atoms. The summed E-state index contributed by atoms with van der Waals surface area (Å²) >= 11 is 5.76. The Hall–Kier alpha value is -3.01. The first-order chi connectivity index (χ1) is 13.8. The molecule has 10 heteroatoms. The molecule has 1 heterocycles. The summed E-state index contributed by atoms with van der Waals surface area (Å²) in [6.07, 6.45) is 1.26. The topological polar surface area (TPSA) is 101 Å². The van der Waals surface area contributed by atoms with Gasteiger partial charge in [0.05, 0.1) is 17.7 Å². The minimum absolute atomic E-state index is 0.0687. The van der Waals surface area contributed by atoms with Gasteiger partial charge in [0.1, 0.15) is 17.3 Å². The fourth-order valence-corrected chi connectivity index (χ4v) is 3.36. The molecule has 3 rings (SSSR count). The van der Waals surface area contributed by atoms with E-state index < -0.39 is 21.7 Å². The summed E-state index contributed by atoms with van der Waals surface area (Å²) in [5.41, 5.74) is 2.53. The molecule has 0 aliphatic rings. The van der Waals surface area contributed by atoms with Crippen LogP contribution in [-0.2, 0) is 16.6 Å². The van der Waals surface area contributed by atoms with Gasteiger partial charge in [-0.1, -0.05) is 11.6 Å². The predicted octanol–water partition coefficient (Wildman–Crippen LogP) is 3.31. The van der Waals surface area contributed by atoms with E-state index in [-0.39, 0.29) is 17.0 Å². The Morgan fingerprint density at radius 3 is 2.45 bits per heavy atom. The molecule has 0 aliphatic heterocycles. The van der Waals surface area contributed by atoms with Gasteiger partial charge in [0.15, 0.2) is 0 Å². The molecule has 0 radical (unpaired) electrons. The predicted molar refractivity (Wildman–Crippen MR) is 106 cm³/mol. The maximum absolute atomic E-state index is 12.9. The molecule has 3 aromatic rings. The summed E-state index contributed by atoms with van der Waals surface area (Å²) in [6.45, 7) is -0.0687. The summed E-state index contributed by atoms with van der Waals surface area (Å²) < 4.78 is 45.2. The largest absolute Gasteiger partial charge is 0.459 e. The highest BCUT2D eigenvalue weighted by atomic mass is 35.5. The Kier molecular flexibility index (Phi) is 6.42. The van der Waals surface area contributed by atoms with Gasteiger partial charge >= 0.3 is 0 Å². The number of benzene rings is 2. The number of furan rings is 1. The molecule has 1 amide bonds. The molecule has 29 heavy (non-hydrogen) atoms. The average molecular weight is 436 g/mol. The van der Waals surface area contributed by atoms with Crippen LogP contribution in [0.1, 0.15) is 21.9 Å². The van der Waals surface area contributed by atoms with Gasteiger partial charge in [0.25, 0.3) is 5.91 Å². The SMILES string of the molecule is O=C(N/N=C\c1ccc(CNS(=O)(=O)c2ccc(Cl)cc2)o1)c1ccc(F)cc1. The average Bonchev–Trinajstić information content (AvgIpc) is 3.15. The second-order valence-corrected chi connectivity index (χ2v) is 7.99. The van der Waals surface area contributed by atoms with E-state index >= 15 is 0 Å². The van der Waals surface area contributed by atoms with E-state index in [9.17, 15) is 17.6 Å². The highest BCUT2D eigenvalue weighted by molar-refractivity contribution is 7.89. The smallest absolute Gasteiger partial charge is 0.271 e. The van der Waals surface area contributed by atoms with E-state index in [1.54, 1.807) is 12.1 Å². The molecule has 0 fully saturated rings. The first-order valence-electron chi connectivity index (χ1n) is 8.26. The van der Waals surface area contributed by atoms with Gasteiger partial charge in [-0.3, -0.25) is 4.79 Å². The van der Waals surface area contributed by atoms with Gasteiger partial charge in [0, 0.05) is 10.6 Å². The Labute approximate surface area is 171 Å². The van der Waals surface area contributed by atoms with Crippen molar-refractivity contribution in [2.24, 2.45) is 5.10 Å². The normalized spacial score (nSPS) is 11.7. The van der Waals surface area contributed by atoms with Crippen molar-refractivity contribution in [1.82, 2.24) is 10.1 Å². The number of rotatable bonds is 7. The van der Waals surface area contributed by atoms with Crippen LogP contribution in [0, 0.1) is 5.82 Å². The van der Waals surface area contributed by atoms with Crippen molar-refractivity contribution in [1.29, 1.82) is 0 Å². The molecule has 2 N–H and O–H groups in total. The van der Waals surface area contributed by atoms with Gasteiger partial charge in [-0.25, -0.2) is 23.0 Å². The number of sulfonamides is 1. The number of hydrogen-bond acceptors (Lipinski definition) is 5. The molecule has 2 aromatic carbocycles. The Bertz CT molecular complexity index is 1130. The summed E-state index contributed by atoms with van der Waals surface area (Å²) in [4.78, 5) is 11.9. The number of amides is 1. The maximum Gasteiger partial charge on any atom is 0.271 e. The summed E-state index contributed by atoms with van der Waals surface area (Å²) in [5.74, 6) is -0.289. The van der Waals surface area contributed by atoms with Crippen molar-refractivity contribution in [3.8, 4) is 0 Å². The number of carbonyl (C=O) groups excluding carboxylic acids is 1. The quantitative estimate of drug-likeness (QED) is 0.439. The van der Waals surface area contributed by atoms with Crippen LogP contribution in [0.25, 0.3) is 0 Å². The second-order valence-electron chi connectivity index (χ2n) is 5.79. The Balaban J connectivity index is 1.55. The zero-order valence-corrected chi connectivity index (χ0v) is 16.4. The highest BCUT2D eigenvalue weighted by Gasteiger charge is 2.14. The molecule has 0 spiro atoms. The summed E-state index contributed by atoms with van der Waals surface area (Å²) in [6, 6.07) is 13.9. The standard InChI is InChI=1S/C19H15ClFN3O4S/c20-14-3-9-18(10-4-14)29(26,27)23-12-17-8-7-16(28-17)11-22-24-19(25)13-1-5-15(21)6-2-13/h1-11,23H,12H2,(H,24,25)/b22-11-. The molecule has 0 unspecified atom stereocenters. The lowest BCUT2D eigenvalue weighted by Crippen LogP contribution is -2.22. The number of carbonyl (C=O) groups is 1. The van der Waals surface area contributed by atoms with Crippen LogP contribution in [0.15, 0.2) is 75.1 Å². The molecule has 150 valence electrons. The third kappa shape index (κ3) is 5.74. The van der Waals surface area contributed by atoms with Crippen LogP contribution in [0.4, 0.5) is 4.39 Å². The van der Waals surface area contributed by atoms with Crippen molar-refractivity contribution in [3.63, 3.8) is 0 Å². The molecule has 0 saturated carbocycles. The van der Waals surface area contributed by atoms with Gasteiger partial charge in [-0.15, -0.1) is 0 Å². The zero-order chi connectivity index (χ0) is 20.9. The van der Waals surface area contributed by atoms with Crippen LogP contribution >= 0.6 is 11.6 Å². The fraction of sp³-hybridized carbons (Fsp3) is 0.0526. The number of hydrazone groups is 1. The van der Waals surface area contributed by atoms with Crippen molar-refractivity contribution in [2.75, 3.05) is 0 Å². The van der Waals surface area contributed by atoms with Crippen LogP contribution in [0.2, 0.25) is 5.02 Å². The van der Waals surface area contributed by atoms with E-state index in [0.29, 0.717) is 16.5 Å². The van der Waals surface area contributed by atoms with Crippen molar-refractivity contribution in [2.45, 2.75) is 11.4 Å². The minimum atomic E-state index is -3.71. The van der Waals surface area contributed by atoms with E-state index in [2.05, 4.69) is 15.2 Å². The fourth-order valence-electron chi connectivity index (χ4n) is 2.24. The molecule has 0 aliphatic carbocycles. The number of hydrogen-bond donors (Lipinski definition) is 2. The Morgan fingerprint density at radius 2 is 1.76 bits per heavy atom. The molecule has 0 atom stereocenters. The van der Waals surface area contributed by atoms with Crippen LogP contribution in [-0.4, -0.2) is 20.5 Å². The highest BCUT2D eigenvalue weighted by Crippen LogP contribution is 2.15. The van der Waals surface area contributed by atoms with Crippen molar-refractivity contribution < 1.29 is 22.0 Å². The summed E-state index contributed by atoms with van der Waals surface area (Å²) in [5, 5.41) is 4.19. The van der Waals surface area contributed by atoms with Crippen molar-refractivity contribution >= 4 is 33.7 Å². The lowest BCUT2D eigenvalue weighted by atomic mass is 10.2. The van der Waals surface area contributed by atoms with E-state index in [0.717, 1.165) is 0 Å². The lowest BCUT2D eigenvalue weighted by molar-refractivity contribution is 0.0955. The third-order valence-corrected chi connectivity index (χ3v) is 5.38. The van der Waals surface area contributed by atoms with E-state index in [1.807, 2.05) is 0 Å². The molecule has 0 saturated heterocycles. The third-order valence-electron chi connectivity index (χ3n) is 3.71. The van der Waals surface area contributed by atoms with Gasteiger partial charge in [0.2, 0.25) is 10.0 Å². The number of nitrogens with one attached hydrogen (secondary N) is 2. The molecule has 7 nitrogen and oxygen atoms in total. The van der Waals surface area contributed by atoms with E-state index in [4.69, 9.17) is 16.0 Å². The zero-order valence-electron chi connectivity index (χ0n) is 14.8. The monoisotopic (exact) mass is 435 g/mol. The van der Waals surface area contributed by atoms with Gasteiger partial charge < -0.3 is 4.42 Å². The van der Waals surface area contributed by atoms with Crippen LogP contribution in [0.5, 0.6) is 0 Å². The number of halogens is 2. The van der Waals surface area contributed by atoms with Gasteiger partial charge in [-0.05, 0) is 60.7 Å². The molecular weight excluding hydrogens is 421 g/mol. The minimum Gasteiger partial charge on any atom is -0.459 e. The lowest BCUT2D eigenvalue weighted by Gasteiger charge is -2.05. The maximum atomic E-state index is 12.9. The molecular formula is C19H15ClFN3O4S. The molecule has 1 aromatic heterocycles. The Morgan fingerprint density at radius 1 is 1.07 bits per heavy atom. The van der Waals surface area contributed by atoms with Crippen molar-refractivity contribution in [3.05, 3.63) is 88.6 Å². The first-order valence-corrected chi connectivity index (χ1v) is 10.1. The second kappa shape index (κ2) is 8.99. The van der Waals surface area contributed by atoms with E-state index in [1.165, 1.54) is 54.7 Å². The van der Waals surface area contributed by atoms with Crippen LogP contribution < -0.4 is 10.1 Å². The first kappa shape index (κ1) is 20.7. The van der Waals surface area contributed by atoms with Crippen LogP contribution in [0.3, 0.4) is 0 Å².